The van der Waals surface area contributed by atoms with Gasteiger partial charge in [-0.1, -0.05) is 12.1 Å². The minimum atomic E-state index is -0.451. The van der Waals surface area contributed by atoms with Gasteiger partial charge in [-0.05, 0) is 40.2 Å². The van der Waals surface area contributed by atoms with Crippen molar-refractivity contribution in [2.24, 2.45) is 0 Å². The first kappa shape index (κ1) is 13.4. The monoisotopic (exact) mass is 320 g/mol. The molecule has 0 aliphatic carbocycles. The Bertz CT molecular complexity index is 652. The fourth-order valence-electron chi connectivity index (χ4n) is 1.66. The quantitative estimate of drug-likeness (QED) is 0.904. The second-order valence-electron chi connectivity index (χ2n) is 3.90. The van der Waals surface area contributed by atoms with Crippen molar-refractivity contribution in [2.45, 2.75) is 6.54 Å². The lowest BCUT2D eigenvalue weighted by Gasteiger charge is -2.10. The zero-order chi connectivity index (χ0) is 13.8. The molecular weight excluding hydrogens is 311 g/mol. The highest BCUT2D eigenvalue weighted by Crippen LogP contribution is 2.28. The average Bonchev–Trinajstić information content (AvgIpc) is 2.41. The minimum Gasteiger partial charge on any atom is -0.506 e. The Balaban J connectivity index is 2.20. The molecule has 0 spiro atoms. The van der Waals surface area contributed by atoms with Crippen molar-refractivity contribution < 1.29 is 9.50 Å². The summed E-state index contributed by atoms with van der Waals surface area (Å²) < 4.78 is 13.6. The van der Waals surface area contributed by atoms with Crippen LogP contribution in [0.2, 0.25) is 0 Å². The highest BCUT2D eigenvalue weighted by Gasteiger charge is 2.07. The van der Waals surface area contributed by atoms with Gasteiger partial charge in [-0.15, -0.1) is 0 Å². The average molecular weight is 321 g/mol. The smallest absolute Gasteiger partial charge is 0.134 e. The zero-order valence-electron chi connectivity index (χ0n) is 9.82. The van der Waals surface area contributed by atoms with Crippen LogP contribution in [0.4, 0.5) is 10.1 Å². The Morgan fingerprint density at radius 3 is 2.84 bits per heavy atom. The number of halogens is 2. The van der Waals surface area contributed by atoms with E-state index >= 15 is 0 Å². The number of nitriles is 1. The molecule has 0 saturated carbocycles. The van der Waals surface area contributed by atoms with E-state index in [1.807, 2.05) is 6.07 Å². The second-order valence-corrected chi connectivity index (χ2v) is 4.76. The standard InChI is InChI=1S/C14H10BrFN2O/c15-12-3-1-2-9(14(12)19)8-18-13-5-4-11(16)6-10(13)7-17/h1-6,18-19H,8H2. The first-order valence-electron chi connectivity index (χ1n) is 5.51. The Morgan fingerprint density at radius 1 is 1.32 bits per heavy atom. The van der Waals surface area contributed by atoms with Crippen LogP contribution in [0, 0.1) is 17.1 Å². The van der Waals surface area contributed by atoms with E-state index in [2.05, 4.69) is 21.2 Å². The molecule has 0 amide bonds. The van der Waals surface area contributed by atoms with Gasteiger partial charge in [0.2, 0.25) is 0 Å². The van der Waals surface area contributed by atoms with E-state index in [9.17, 15) is 9.50 Å². The van der Waals surface area contributed by atoms with Crippen LogP contribution in [0.15, 0.2) is 40.9 Å². The molecule has 19 heavy (non-hydrogen) atoms. The SMILES string of the molecule is N#Cc1cc(F)ccc1NCc1cccc(Br)c1O. The molecule has 2 aromatic rings. The van der Waals surface area contributed by atoms with E-state index < -0.39 is 5.82 Å². The second kappa shape index (κ2) is 5.72. The van der Waals surface area contributed by atoms with Crippen molar-refractivity contribution >= 4 is 21.6 Å². The molecule has 2 rings (SSSR count). The predicted octanol–water partition coefficient (Wildman–Crippen LogP) is 3.78. The van der Waals surface area contributed by atoms with Gasteiger partial charge in [0.15, 0.2) is 0 Å². The van der Waals surface area contributed by atoms with Gasteiger partial charge in [0, 0.05) is 12.1 Å². The third-order valence-electron chi connectivity index (χ3n) is 2.64. The first-order valence-corrected chi connectivity index (χ1v) is 6.31. The van der Waals surface area contributed by atoms with E-state index in [0.29, 0.717) is 22.3 Å². The first-order chi connectivity index (χ1) is 9.11. The predicted molar refractivity (Wildman–Crippen MR) is 74.2 cm³/mol. The molecule has 0 aliphatic heterocycles. The highest BCUT2D eigenvalue weighted by molar-refractivity contribution is 9.10. The molecular formula is C14H10BrFN2O. The molecule has 0 bridgehead atoms. The van der Waals surface area contributed by atoms with Gasteiger partial charge in [0.1, 0.15) is 17.6 Å². The lowest BCUT2D eigenvalue weighted by atomic mass is 10.1. The van der Waals surface area contributed by atoms with Crippen LogP contribution in [-0.2, 0) is 6.54 Å². The molecule has 0 radical (unpaired) electrons. The molecule has 5 heteroatoms. The number of nitrogens with one attached hydrogen (secondary N) is 1. The van der Waals surface area contributed by atoms with Crippen LogP contribution >= 0.6 is 15.9 Å². The van der Waals surface area contributed by atoms with Crippen LogP contribution in [0.5, 0.6) is 5.75 Å². The van der Waals surface area contributed by atoms with Crippen LogP contribution in [0.25, 0.3) is 0 Å². The summed E-state index contributed by atoms with van der Waals surface area (Å²) in [5.74, 6) is -0.303. The topological polar surface area (TPSA) is 56.0 Å². The molecule has 0 heterocycles. The summed E-state index contributed by atoms with van der Waals surface area (Å²) >= 11 is 3.23. The molecule has 96 valence electrons. The van der Waals surface area contributed by atoms with Crippen LogP contribution in [-0.4, -0.2) is 5.11 Å². The van der Waals surface area contributed by atoms with Crippen LogP contribution < -0.4 is 5.32 Å². The van der Waals surface area contributed by atoms with Crippen molar-refractivity contribution in [1.82, 2.24) is 0 Å². The van der Waals surface area contributed by atoms with Crippen molar-refractivity contribution in [3.8, 4) is 11.8 Å². The van der Waals surface area contributed by atoms with Gasteiger partial charge in [0.05, 0.1) is 15.7 Å². The molecule has 2 N–H and O–H groups in total. The summed E-state index contributed by atoms with van der Waals surface area (Å²) in [6, 6.07) is 11.2. The van der Waals surface area contributed by atoms with Crippen molar-refractivity contribution in [1.29, 1.82) is 5.26 Å². The fraction of sp³-hybridized carbons (Fsp3) is 0.0714. The Morgan fingerprint density at radius 2 is 2.11 bits per heavy atom. The van der Waals surface area contributed by atoms with Crippen molar-refractivity contribution in [3.05, 3.63) is 57.8 Å². The molecule has 0 aliphatic rings. The molecule has 0 fully saturated rings. The maximum Gasteiger partial charge on any atom is 0.134 e. The van der Waals surface area contributed by atoms with E-state index in [0.717, 1.165) is 0 Å². The van der Waals surface area contributed by atoms with E-state index in [-0.39, 0.29) is 11.3 Å². The largest absolute Gasteiger partial charge is 0.506 e. The number of aromatic hydroxyl groups is 1. The number of rotatable bonds is 3. The third-order valence-corrected chi connectivity index (χ3v) is 3.28. The number of hydrogen-bond acceptors (Lipinski definition) is 3. The fourth-order valence-corrected chi connectivity index (χ4v) is 2.06. The molecule has 0 atom stereocenters. The Hall–Kier alpha value is -2.06. The number of anilines is 1. The van der Waals surface area contributed by atoms with Gasteiger partial charge in [-0.3, -0.25) is 0 Å². The lowest BCUT2D eigenvalue weighted by Crippen LogP contribution is -2.02. The Labute approximate surface area is 118 Å². The Kier molecular flexibility index (Phi) is 4.03. The van der Waals surface area contributed by atoms with Gasteiger partial charge < -0.3 is 10.4 Å². The van der Waals surface area contributed by atoms with Crippen molar-refractivity contribution in [2.75, 3.05) is 5.32 Å². The highest BCUT2D eigenvalue weighted by atomic mass is 79.9. The summed E-state index contributed by atoms with van der Waals surface area (Å²) in [6.07, 6.45) is 0. The maximum absolute atomic E-state index is 13.0. The number of nitrogens with zero attached hydrogens (tertiary/aromatic N) is 1. The zero-order valence-corrected chi connectivity index (χ0v) is 11.4. The molecule has 0 unspecified atom stereocenters. The van der Waals surface area contributed by atoms with Gasteiger partial charge in [-0.2, -0.15) is 5.26 Å². The van der Waals surface area contributed by atoms with Gasteiger partial charge in [-0.25, -0.2) is 4.39 Å². The minimum absolute atomic E-state index is 0.149. The molecule has 0 saturated heterocycles. The van der Waals surface area contributed by atoms with Gasteiger partial charge >= 0.3 is 0 Å². The van der Waals surface area contributed by atoms with E-state index in [4.69, 9.17) is 5.26 Å². The van der Waals surface area contributed by atoms with Crippen LogP contribution in [0.1, 0.15) is 11.1 Å². The van der Waals surface area contributed by atoms with Gasteiger partial charge in [0.25, 0.3) is 0 Å². The van der Waals surface area contributed by atoms with E-state index in [1.54, 1.807) is 18.2 Å². The number of phenolic OH excluding ortho intramolecular Hbond substituents is 1. The molecule has 2 aromatic carbocycles. The summed E-state index contributed by atoms with van der Waals surface area (Å²) in [7, 11) is 0. The van der Waals surface area contributed by atoms with Crippen molar-refractivity contribution in [3.63, 3.8) is 0 Å². The third kappa shape index (κ3) is 3.04. The number of phenols is 1. The maximum atomic E-state index is 13.0. The molecule has 0 aromatic heterocycles. The summed E-state index contributed by atoms with van der Waals surface area (Å²) in [5, 5.41) is 21.8. The molecule has 3 nitrogen and oxygen atoms in total. The summed E-state index contributed by atoms with van der Waals surface area (Å²) in [4.78, 5) is 0. The lowest BCUT2D eigenvalue weighted by molar-refractivity contribution is 0.465. The van der Waals surface area contributed by atoms with Crippen LogP contribution in [0.3, 0.4) is 0 Å². The number of benzene rings is 2. The normalized spacial score (nSPS) is 9.95. The summed E-state index contributed by atoms with van der Waals surface area (Å²) in [5.41, 5.74) is 1.44. The number of hydrogen-bond donors (Lipinski definition) is 2. The van der Waals surface area contributed by atoms with E-state index in [1.165, 1.54) is 18.2 Å². The number of para-hydroxylation sites is 1. The summed E-state index contributed by atoms with van der Waals surface area (Å²) in [6.45, 7) is 0.339.